The monoisotopic (exact) mass is 319 g/mol. The number of nitrogens with zero attached hydrogens (tertiary/aromatic N) is 1. The van der Waals surface area contributed by atoms with Gasteiger partial charge in [0, 0.05) is 28.3 Å². The summed E-state index contributed by atoms with van der Waals surface area (Å²) in [6.07, 6.45) is 0. The Kier molecular flexibility index (Phi) is 4.28. The summed E-state index contributed by atoms with van der Waals surface area (Å²) in [5.74, 6) is -0.942. The zero-order valence-electron chi connectivity index (χ0n) is 9.97. The molecule has 2 rings (SSSR count). The lowest BCUT2D eigenvalue weighted by Crippen LogP contribution is -2.41. The summed E-state index contributed by atoms with van der Waals surface area (Å²) in [6.45, 7) is 1.36. The second-order valence-electron chi connectivity index (χ2n) is 4.13. The molecule has 1 N–H and O–H groups in total. The first-order chi connectivity index (χ1) is 8.91. The lowest BCUT2D eigenvalue weighted by Gasteiger charge is -2.26. The van der Waals surface area contributed by atoms with E-state index in [2.05, 4.69) is 0 Å². The van der Waals surface area contributed by atoms with E-state index in [4.69, 9.17) is 28.3 Å². The van der Waals surface area contributed by atoms with Gasteiger partial charge >= 0.3 is 5.97 Å². The van der Waals surface area contributed by atoms with E-state index < -0.39 is 12.0 Å². The topological polar surface area (TPSA) is 57.6 Å². The Bertz CT molecular complexity index is 538. The van der Waals surface area contributed by atoms with Crippen LogP contribution in [-0.2, 0) is 9.59 Å². The third-order valence-corrected chi connectivity index (χ3v) is 4.75. The van der Waals surface area contributed by atoms with E-state index in [-0.39, 0.29) is 11.3 Å². The normalized spacial score (nSPS) is 22.6. The molecule has 0 spiro atoms. The summed E-state index contributed by atoms with van der Waals surface area (Å²) in [7, 11) is 0. The maximum atomic E-state index is 11.7. The van der Waals surface area contributed by atoms with Crippen molar-refractivity contribution in [3.05, 3.63) is 33.8 Å². The molecular formula is C12H11Cl2NO3S. The lowest BCUT2D eigenvalue weighted by molar-refractivity contribution is -0.148. The van der Waals surface area contributed by atoms with Crippen molar-refractivity contribution in [2.45, 2.75) is 18.3 Å². The molecule has 1 aromatic carbocycles. The Morgan fingerprint density at radius 3 is 2.63 bits per heavy atom. The fourth-order valence-corrected chi connectivity index (χ4v) is 4.11. The first kappa shape index (κ1) is 14.5. The summed E-state index contributed by atoms with van der Waals surface area (Å²) < 4.78 is 0. The van der Waals surface area contributed by atoms with E-state index in [1.54, 1.807) is 18.2 Å². The molecule has 1 heterocycles. The van der Waals surface area contributed by atoms with Gasteiger partial charge in [0.1, 0.15) is 11.4 Å². The Labute approximate surface area is 124 Å². The van der Waals surface area contributed by atoms with E-state index in [1.807, 2.05) is 0 Å². The van der Waals surface area contributed by atoms with E-state index in [0.29, 0.717) is 21.4 Å². The van der Waals surface area contributed by atoms with Gasteiger partial charge in [-0.3, -0.25) is 4.79 Å². The quantitative estimate of drug-likeness (QED) is 0.910. The van der Waals surface area contributed by atoms with Gasteiger partial charge in [-0.1, -0.05) is 29.3 Å². The second kappa shape index (κ2) is 5.61. The molecule has 19 heavy (non-hydrogen) atoms. The maximum Gasteiger partial charge on any atom is 0.327 e. The van der Waals surface area contributed by atoms with E-state index >= 15 is 0 Å². The molecule has 1 aromatic rings. The van der Waals surface area contributed by atoms with Crippen LogP contribution in [0.3, 0.4) is 0 Å². The van der Waals surface area contributed by atoms with Crippen LogP contribution in [0.2, 0.25) is 10.0 Å². The number of rotatable bonds is 2. The molecule has 7 heteroatoms. The van der Waals surface area contributed by atoms with Gasteiger partial charge in [0.15, 0.2) is 0 Å². The van der Waals surface area contributed by atoms with Crippen LogP contribution in [0.1, 0.15) is 17.9 Å². The second-order valence-corrected chi connectivity index (χ2v) is 6.09. The lowest BCUT2D eigenvalue weighted by atomic mass is 10.1. The van der Waals surface area contributed by atoms with Crippen LogP contribution < -0.4 is 0 Å². The fraction of sp³-hybridized carbons (Fsp3) is 0.333. The molecule has 0 radical (unpaired) electrons. The number of carbonyl (C=O) groups is 2. The molecule has 2 atom stereocenters. The van der Waals surface area contributed by atoms with Gasteiger partial charge in [-0.05, 0) is 12.1 Å². The zero-order chi connectivity index (χ0) is 14.2. The number of thioether (sulfide) groups is 1. The predicted octanol–water partition coefficient (Wildman–Crippen LogP) is 3.04. The summed E-state index contributed by atoms with van der Waals surface area (Å²) in [5, 5.41) is 9.70. The molecule has 2 unspecified atom stereocenters. The van der Waals surface area contributed by atoms with Gasteiger partial charge in [0.05, 0.1) is 0 Å². The predicted molar refractivity (Wildman–Crippen MR) is 75.6 cm³/mol. The van der Waals surface area contributed by atoms with Crippen molar-refractivity contribution in [1.29, 1.82) is 0 Å². The SMILES string of the molecule is CC(=O)N1C(C(=O)O)CSC1c1ccc(Cl)cc1Cl. The molecule has 1 aliphatic rings. The molecule has 0 aliphatic carbocycles. The van der Waals surface area contributed by atoms with E-state index in [0.717, 1.165) is 0 Å². The van der Waals surface area contributed by atoms with Crippen molar-refractivity contribution in [1.82, 2.24) is 4.90 Å². The summed E-state index contributed by atoms with van der Waals surface area (Å²) in [6, 6.07) is 4.17. The fourth-order valence-electron chi connectivity index (χ4n) is 2.02. The average Bonchev–Trinajstić information content (AvgIpc) is 2.73. The van der Waals surface area contributed by atoms with Crippen molar-refractivity contribution in [3.63, 3.8) is 0 Å². The molecule has 1 aliphatic heterocycles. The number of halogens is 2. The molecule has 0 bridgehead atoms. The maximum absolute atomic E-state index is 11.7. The summed E-state index contributed by atoms with van der Waals surface area (Å²) >= 11 is 13.3. The van der Waals surface area contributed by atoms with Gasteiger partial charge in [-0.15, -0.1) is 11.8 Å². The van der Waals surface area contributed by atoms with E-state index in [9.17, 15) is 9.59 Å². The van der Waals surface area contributed by atoms with Crippen molar-refractivity contribution in [2.24, 2.45) is 0 Å². The minimum Gasteiger partial charge on any atom is -0.480 e. The number of aliphatic carboxylic acids is 1. The smallest absolute Gasteiger partial charge is 0.327 e. The first-order valence-corrected chi connectivity index (χ1v) is 7.30. The minimum absolute atomic E-state index is 0.284. The first-order valence-electron chi connectivity index (χ1n) is 5.50. The summed E-state index contributed by atoms with van der Waals surface area (Å²) in [4.78, 5) is 24.2. The Morgan fingerprint density at radius 2 is 2.11 bits per heavy atom. The standard InChI is InChI=1S/C12H11Cl2NO3S/c1-6(16)15-10(12(17)18)5-19-11(15)8-3-2-7(13)4-9(8)14/h2-4,10-11H,5H2,1H3,(H,17,18). The Hall–Kier alpha value is -0.910. The highest BCUT2D eigenvalue weighted by atomic mass is 35.5. The van der Waals surface area contributed by atoms with Crippen LogP contribution in [0.5, 0.6) is 0 Å². The highest BCUT2D eigenvalue weighted by molar-refractivity contribution is 7.99. The van der Waals surface area contributed by atoms with E-state index in [1.165, 1.54) is 23.6 Å². The third kappa shape index (κ3) is 2.83. The molecule has 0 aromatic heterocycles. The Morgan fingerprint density at radius 1 is 1.42 bits per heavy atom. The average molecular weight is 320 g/mol. The molecule has 4 nitrogen and oxygen atoms in total. The molecule has 1 fully saturated rings. The molecular weight excluding hydrogens is 309 g/mol. The van der Waals surface area contributed by atoms with Crippen molar-refractivity contribution >= 4 is 46.8 Å². The van der Waals surface area contributed by atoms with Crippen molar-refractivity contribution < 1.29 is 14.7 Å². The highest BCUT2D eigenvalue weighted by Crippen LogP contribution is 2.44. The van der Waals surface area contributed by atoms with Crippen LogP contribution in [0.4, 0.5) is 0 Å². The zero-order valence-corrected chi connectivity index (χ0v) is 12.3. The van der Waals surface area contributed by atoms with Crippen molar-refractivity contribution in [2.75, 3.05) is 5.75 Å². The van der Waals surface area contributed by atoms with Crippen LogP contribution in [0.15, 0.2) is 18.2 Å². The van der Waals surface area contributed by atoms with Crippen molar-refractivity contribution in [3.8, 4) is 0 Å². The van der Waals surface area contributed by atoms with Gasteiger partial charge in [0.25, 0.3) is 0 Å². The van der Waals surface area contributed by atoms with Gasteiger partial charge in [-0.25, -0.2) is 4.79 Å². The van der Waals surface area contributed by atoms with Gasteiger partial charge < -0.3 is 10.0 Å². The molecule has 102 valence electrons. The van der Waals surface area contributed by atoms with Crippen LogP contribution >= 0.6 is 35.0 Å². The van der Waals surface area contributed by atoms with Gasteiger partial charge in [-0.2, -0.15) is 0 Å². The number of hydrogen-bond donors (Lipinski definition) is 1. The molecule has 0 saturated carbocycles. The summed E-state index contributed by atoms with van der Waals surface area (Å²) in [5.41, 5.74) is 0.704. The van der Waals surface area contributed by atoms with Crippen LogP contribution in [0.25, 0.3) is 0 Å². The van der Waals surface area contributed by atoms with Crippen LogP contribution in [0, 0.1) is 0 Å². The van der Waals surface area contributed by atoms with Crippen LogP contribution in [-0.4, -0.2) is 33.7 Å². The number of hydrogen-bond acceptors (Lipinski definition) is 3. The number of carboxylic acids is 1. The number of benzene rings is 1. The largest absolute Gasteiger partial charge is 0.480 e. The number of amides is 1. The molecule has 1 saturated heterocycles. The Balaban J connectivity index is 2.38. The number of carboxylic acid groups (broad SMARTS) is 1. The highest BCUT2D eigenvalue weighted by Gasteiger charge is 2.41. The third-order valence-electron chi connectivity index (χ3n) is 2.88. The minimum atomic E-state index is -1.00. The number of carbonyl (C=O) groups excluding carboxylic acids is 1. The van der Waals surface area contributed by atoms with Gasteiger partial charge in [0.2, 0.25) is 5.91 Å². The molecule has 1 amide bonds.